The van der Waals surface area contributed by atoms with Crippen LogP contribution in [0.4, 0.5) is 13.2 Å². The topological polar surface area (TPSA) is 60.2 Å². The standard InChI is InChI=1S/C27H33F3N4O2S/c1-27(29,30)16-36-26-32-22-15-33(12-10-25(22)37-26)11-9-18-5-7-19(8-6-18)13-24(35)20-3-2-4-23-21(20)14-31-34(23)17-28/h2-4,14,18-19H,5-13,15-17H2,1H3. The van der Waals surface area contributed by atoms with Gasteiger partial charge in [-0.05, 0) is 50.1 Å². The van der Waals surface area contributed by atoms with E-state index >= 15 is 0 Å². The summed E-state index contributed by atoms with van der Waals surface area (Å²) in [6.07, 6.45) is 8.47. The number of alkyl halides is 3. The first-order chi connectivity index (χ1) is 17.8. The van der Waals surface area contributed by atoms with Crippen molar-refractivity contribution in [1.82, 2.24) is 19.7 Å². The maximum Gasteiger partial charge on any atom is 0.278 e. The number of ketones is 1. The fourth-order valence-electron chi connectivity index (χ4n) is 5.57. The molecule has 1 saturated carbocycles. The average molecular weight is 535 g/mol. The molecule has 0 unspecified atom stereocenters. The smallest absolute Gasteiger partial charge is 0.278 e. The van der Waals surface area contributed by atoms with Gasteiger partial charge < -0.3 is 4.74 Å². The zero-order valence-electron chi connectivity index (χ0n) is 21.1. The molecule has 3 aromatic rings. The van der Waals surface area contributed by atoms with E-state index < -0.39 is 19.3 Å². The van der Waals surface area contributed by atoms with Crippen LogP contribution >= 0.6 is 11.3 Å². The summed E-state index contributed by atoms with van der Waals surface area (Å²) < 4.78 is 45.8. The molecule has 0 saturated heterocycles. The van der Waals surface area contributed by atoms with E-state index in [0.717, 1.165) is 81.0 Å². The van der Waals surface area contributed by atoms with E-state index in [1.807, 2.05) is 6.07 Å². The number of carbonyl (C=O) groups is 1. The van der Waals surface area contributed by atoms with Gasteiger partial charge in [0.05, 0.1) is 17.4 Å². The van der Waals surface area contributed by atoms with Crippen molar-refractivity contribution in [2.75, 3.05) is 19.7 Å². The molecule has 1 aliphatic carbocycles. The van der Waals surface area contributed by atoms with Crippen molar-refractivity contribution in [3.63, 3.8) is 0 Å². The molecule has 2 aliphatic rings. The minimum absolute atomic E-state index is 0.117. The molecule has 2 aromatic heterocycles. The molecule has 0 atom stereocenters. The van der Waals surface area contributed by atoms with Crippen molar-refractivity contribution in [2.45, 2.75) is 71.1 Å². The lowest BCUT2D eigenvalue weighted by atomic mass is 9.78. The number of hydrogen-bond acceptors (Lipinski definition) is 6. The summed E-state index contributed by atoms with van der Waals surface area (Å²) in [6, 6.07) is 5.41. The zero-order valence-corrected chi connectivity index (χ0v) is 21.9. The first-order valence-corrected chi connectivity index (χ1v) is 13.9. The van der Waals surface area contributed by atoms with Crippen LogP contribution in [0.25, 0.3) is 10.9 Å². The van der Waals surface area contributed by atoms with Gasteiger partial charge in [0.2, 0.25) is 0 Å². The molecule has 5 rings (SSSR count). The number of aromatic nitrogens is 3. The quantitative estimate of drug-likeness (QED) is 0.287. The van der Waals surface area contributed by atoms with Gasteiger partial charge in [0.15, 0.2) is 19.2 Å². The molecular weight excluding hydrogens is 501 g/mol. The first-order valence-electron chi connectivity index (χ1n) is 13.0. The summed E-state index contributed by atoms with van der Waals surface area (Å²) in [4.78, 5) is 21.0. The number of carbonyl (C=O) groups excluding carboxylic acids is 1. The van der Waals surface area contributed by atoms with Crippen LogP contribution < -0.4 is 4.74 Å². The highest BCUT2D eigenvalue weighted by Gasteiger charge is 2.27. The lowest BCUT2D eigenvalue weighted by Gasteiger charge is -2.31. The molecule has 0 spiro atoms. The van der Waals surface area contributed by atoms with E-state index in [1.165, 1.54) is 16.0 Å². The number of Topliss-reactive ketones (excluding diaryl/α,β-unsaturated/α-hetero) is 1. The van der Waals surface area contributed by atoms with Crippen LogP contribution in [0.1, 0.15) is 66.4 Å². The van der Waals surface area contributed by atoms with E-state index in [0.29, 0.717) is 34.5 Å². The van der Waals surface area contributed by atoms with Gasteiger partial charge in [-0.25, -0.2) is 22.8 Å². The Morgan fingerprint density at radius 2 is 2.00 bits per heavy atom. The normalized spacial score (nSPS) is 20.8. The predicted molar refractivity (Wildman–Crippen MR) is 137 cm³/mol. The SMILES string of the molecule is CC(F)(F)COc1nc2c(s1)CCN(CCC1CCC(CC(=O)c3cccc4c3cnn4CF)CC1)C2. The van der Waals surface area contributed by atoms with Crippen LogP contribution in [0.2, 0.25) is 0 Å². The molecule has 1 aromatic carbocycles. The third-order valence-corrected chi connectivity index (χ3v) is 8.70. The Kier molecular flexibility index (Phi) is 7.85. The largest absolute Gasteiger partial charge is 0.464 e. The predicted octanol–water partition coefficient (Wildman–Crippen LogP) is 6.28. The van der Waals surface area contributed by atoms with Crippen molar-refractivity contribution in [1.29, 1.82) is 0 Å². The fraction of sp³-hybridized carbons (Fsp3) is 0.593. The number of hydrogen-bond donors (Lipinski definition) is 0. The van der Waals surface area contributed by atoms with Crippen LogP contribution in [0, 0.1) is 11.8 Å². The number of thiazole rings is 1. The van der Waals surface area contributed by atoms with Gasteiger partial charge in [-0.2, -0.15) is 5.10 Å². The van der Waals surface area contributed by atoms with E-state index in [-0.39, 0.29) is 5.78 Å². The molecule has 1 fully saturated rings. The van der Waals surface area contributed by atoms with Crippen molar-refractivity contribution in [3.05, 3.63) is 40.5 Å². The Morgan fingerprint density at radius 1 is 1.22 bits per heavy atom. The molecule has 3 heterocycles. The summed E-state index contributed by atoms with van der Waals surface area (Å²) in [5, 5.41) is 5.12. The lowest BCUT2D eigenvalue weighted by molar-refractivity contribution is -0.0230. The van der Waals surface area contributed by atoms with Crippen LogP contribution in [-0.4, -0.2) is 51.1 Å². The fourth-order valence-corrected chi connectivity index (χ4v) is 6.48. The van der Waals surface area contributed by atoms with Gasteiger partial charge in [0.1, 0.15) is 0 Å². The highest BCUT2D eigenvalue weighted by molar-refractivity contribution is 7.13. The Hall–Kier alpha value is -2.46. The number of halogens is 3. The van der Waals surface area contributed by atoms with Crippen LogP contribution in [0.5, 0.6) is 5.19 Å². The highest BCUT2D eigenvalue weighted by Crippen LogP contribution is 2.35. The monoisotopic (exact) mass is 534 g/mol. The Balaban J connectivity index is 1.06. The molecule has 0 radical (unpaired) electrons. The Bertz CT molecular complexity index is 1230. The van der Waals surface area contributed by atoms with Gasteiger partial charge in [0.25, 0.3) is 11.1 Å². The van der Waals surface area contributed by atoms with Crippen LogP contribution in [0.3, 0.4) is 0 Å². The number of fused-ring (bicyclic) bond motifs is 2. The average Bonchev–Trinajstić information content (AvgIpc) is 3.49. The van der Waals surface area contributed by atoms with Crippen molar-refractivity contribution in [2.24, 2.45) is 11.8 Å². The van der Waals surface area contributed by atoms with E-state index in [4.69, 9.17) is 4.74 Å². The maximum atomic E-state index is 13.1. The van der Waals surface area contributed by atoms with E-state index in [1.54, 1.807) is 18.3 Å². The first kappa shape index (κ1) is 26.2. The molecule has 37 heavy (non-hydrogen) atoms. The summed E-state index contributed by atoms with van der Waals surface area (Å²) in [6.45, 7) is 2.19. The number of benzene rings is 1. The maximum absolute atomic E-state index is 13.1. The third-order valence-electron chi connectivity index (χ3n) is 7.63. The number of rotatable bonds is 10. The van der Waals surface area contributed by atoms with Crippen molar-refractivity contribution < 1.29 is 22.7 Å². The van der Waals surface area contributed by atoms with E-state index in [2.05, 4.69) is 15.0 Å². The molecule has 6 nitrogen and oxygen atoms in total. The summed E-state index contributed by atoms with van der Waals surface area (Å²) in [5.74, 6) is -1.71. The second kappa shape index (κ2) is 11.1. The van der Waals surface area contributed by atoms with Gasteiger partial charge >= 0.3 is 0 Å². The molecule has 0 N–H and O–H groups in total. The Morgan fingerprint density at radius 3 is 2.76 bits per heavy atom. The van der Waals surface area contributed by atoms with Gasteiger partial charge in [-0.3, -0.25) is 9.69 Å². The molecule has 10 heteroatoms. The van der Waals surface area contributed by atoms with Crippen LogP contribution in [-0.2, 0) is 19.8 Å². The van der Waals surface area contributed by atoms with E-state index in [9.17, 15) is 18.0 Å². The van der Waals surface area contributed by atoms with Crippen molar-refractivity contribution >= 4 is 28.0 Å². The third kappa shape index (κ3) is 6.34. The lowest BCUT2D eigenvalue weighted by Crippen LogP contribution is -2.32. The number of ether oxygens (including phenoxy) is 1. The minimum atomic E-state index is -2.86. The summed E-state index contributed by atoms with van der Waals surface area (Å²) >= 11 is 1.39. The number of nitrogens with zero attached hydrogens (tertiary/aromatic N) is 4. The minimum Gasteiger partial charge on any atom is -0.464 e. The highest BCUT2D eigenvalue weighted by atomic mass is 32.1. The van der Waals surface area contributed by atoms with Crippen molar-refractivity contribution in [3.8, 4) is 5.19 Å². The van der Waals surface area contributed by atoms with Gasteiger partial charge in [-0.1, -0.05) is 36.3 Å². The van der Waals surface area contributed by atoms with Gasteiger partial charge in [-0.15, -0.1) is 0 Å². The second-order valence-electron chi connectivity index (χ2n) is 10.5. The van der Waals surface area contributed by atoms with Gasteiger partial charge in [0, 0.05) is 42.3 Å². The zero-order chi connectivity index (χ0) is 26.0. The van der Waals surface area contributed by atoms with Crippen LogP contribution in [0.15, 0.2) is 24.4 Å². The molecule has 1 aliphatic heterocycles. The molecule has 0 bridgehead atoms. The Labute approximate surface area is 218 Å². The molecule has 0 amide bonds. The molecule has 200 valence electrons. The summed E-state index contributed by atoms with van der Waals surface area (Å²) in [5.41, 5.74) is 2.26. The molecular formula is C27H33F3N4O2S. The second-order valence-corrected chi connectivity index (χ2v) is 11.6. The summed E-state index contributed by atoms with van der Waals surface area (Å²) in [7, 11) is 0.